The Morgan fingerprint density at radius 2 is 1.78 bits per heavy atom. The summed E-state index contributed by atoms with van der Waals surface area (Å²) >= 11 is 0. The lowest BCUT2D eigenvalue weighted by molar-refractivity contribution is -0.168. The van der Waals surface area contributed by atoms with E-state index in [2.05, 4.69) is 0 Å². The lowest BCUT2D eigenvalue weighted by Crippen LogP contribution is -2.30. The molecule has 4 nitrogen and oxygen atoms in total. The Morgan fingerprint density at radius 1 is 1.17 bits per heavy atom. The first-order valence-electron chi connectivity index (χ1n) is 6.82. The molecule has 1 aliphatic rings. The molecule has 18 heavy (non-hydrogen) atoms. The zero-order valence-corrected chi connectivity index (χ0v) is 11.7. The predicted molar refractivity (Wildman–Crippen MR) is 68.0 cm³/mol. The van der Waals surface area contributed by atoms with Crippen molar-refractivity contribution in [2.45, 2.75) is 65.4 Å². The summed E-state index contributed by atoms with van der Waals surface area (Å²) in [6.45, 7) is 5.27. The fraction of sp³-hybridized carbons (Fsp3) is 0.857. The van der Waals surface area contributed by atoms with E-state index in [4.69, 9.17) is 9.47 Å². The van der Waals surface area contributed by atoms with Crippen LogP contribution in [0.25, 0.3) is 0 Å². The molecule has 0 aromatic heterocycles. The molecule has 0 heterocycles. The Kier molecular flexibility index (Phi) is 5.63. The van der Waals surface area contributed by atoms with Crippen molar-refractivity contribution in [3.05, 3.63) is 0 Å². The van der Waals surface area contributed by atoms with Crippen molar-refractivity contribution in [2.75, 3.05) is 6.61 Å². The van der Waals surface area contributed by atoms with Gasteiger partial charge in [-0.2, -0.15) is 0 Å². The molecule has 0 amide bonds. The van der Waals surface area contributed by atoms with Gasteiger partial charge in [0, 0.05) is 0 Å². The van der Waals surface area contributed by atoms with Crippen molar-refractivity contribution >= 4 is 11.9 Å². The lowest BCUT2D eigenvalue weighted by Gasteiger charge is -2.23. The maximum Gasteiger partial charge on any atom is 0.344 e. The first kappa shape index (κ1) is 15.0. The van der Waals surface area contributed by atoms with Gasteiger partial charge in [-0.05, 0) is 46.0 Å². The maximum atomic E-state index is 11.7. The number of hydrogen-bond acceptors (Lipinski definition) is 4. The van der Waals surface area contributed by atoms with Gasteiger partial charge in [-0.25, -0.2) is 4.79 Å². The molecular formula is C14H24O4. The van der Waals surface area contributed by atoms with E-state index in [1.165, 1.54) is 6.42 Å². The summed E-state index contributed by atoms with van der Waals surface area (Å²) in [6.07, 6.45) is 6.00. The van der Waals surface area contributed by atoms with Gasteiger partial charge in [0.05, 0.1) is 5.41 Å². The number of esters is 2. The van der Waals surface area contributed by atoms with Crippen molar-refractivity contribution in [2.24, 2.45) is 5.41 Å². The van der Waals surface area contributed by atoms with Gasteiger partial charge in [0.2, 0.25) is 0 Å². The van der Waals surface area contributed by atoms with Crippen molar-refractivity contribution in [3.63, 3.8) is 0 Å². The first-order chi connectivity index (χ1) is 8.45. The average Bonchev–Trinajstić information content (AvgIpc) is 2.37. The van der Waals surface area contributed by atoms with Crippen LogP contribution < -0.4 is 0 Å². The highest BCUT2D eigenvalue weighted by molar-refractivity contribution is 5.79. The molecule has 4 heteroatoms. The van der Waals surface area contributed by atoms with E-state index < -0.39 is 11.4 Å². The highest BCUT2D eigenvalue weighted by Gasteiger charge is 2.28. The highest BCUT2D eigenvalue weighted by atomic mass is 16.6. The molecule has 0 aliphatic heterocycles. The molecule has 1 rings (SSSR count). The minimum absolute atomic E-state index is 0.0177. The maximum absolute atomic E-state index is 11.7. The highest BCUT2D eigenvalue weighted by Crippen LogP contribution is 2.22. The Balaban J connectivity index is 2.26. The van der Waals surface area contributed by atoms with Crippen molar-refractivity contribution < 1.29 is 19.1 Å². The second-order valence-electron chi connectivity index (χ2n) is 5.56. The van der Waals surface area contributed by atoms with Gasteiger partial charge in [0.1, 0.15) is 6.10 Å². The Morgan fingerprint density at radius 3 is 2.33 bits per heavy atom. The smallest absolute Gasteiger partial charge is 0.344 e. The number of ether oxygens (including phenoxy) is 2. The molecule has 0 unspecified atom stereocenters. The summed E-state index contributed by atoms with van der Waals surface area (Å²) in [6, 6.07) is 0. The van der Waals surface area contributed by atoms with Gasteiger partial charge >= 0.3 is 11.9 Å². The van der Waals surface area contributed by atoms with Crippen molar-refractivity contribution in [1.29, 1.82) is 0 Å². The number of carbonyl (C=O) groups excluding carboxylic acids is 2. The van der Waals surface area contributed by atoms with Crippen LogP contribution >= 0.6 is 0 Å². The molecule has 0 radical (unpaired) electrons. The minimum atomic E-state index is -0.537. The summed E-state index contributed by atoms with van der Waals surface area (Å²) in [7, 11) is 0. The molecule has 1 fully saturated rings. The molecule has 0 bridgehead atoms. The second-order valence-corrected chi connectivity index (χ2v) is 5.56. The molecule has 0 atom stereocenters. The molecular weight excluding hydrogens is 232 g/mol. The standard InChI is InChI=1S/C14H24O4/c1-4-14(2,3)13(16)17-10-12(15)18-11-8-6-5-7-9-11/h11H,4-10H2,1-3H3. The summed E-state index contributed by atoms with van der Waals surface area (Å²) in [5.41, 5.74) is -0.537. The van der Waals surface area contributed by atoms with Crippen molar-refractivity contribution in [3.8, 4) is 0 Å². The van der Waals surface area contributed by atoms with Crippen LogP contribution in [0.2, 0.25) is 0 Å². The van der Waals surface area contributed by atoms with Gasteiger partial charge in [0.15, 0.2) is 6.61 Å². The normalized spacial score (nSPS) is 17.3. The Labute approximate surface area is 109 Å². The molecule has 1 saturated carbocycles. The van der Waals surface area contributed by atoms with E-state index in [0.717, 1.165) is 25.7 Å². The van der Waals surface area contributed by atoms with E-state index in [0.29, 0.717) is 6.42 Å². The number of carbonyl (C=O) groups is 2. The molecule has 0 spiro atoms. The fourth-order valence-corrected chi connectivity index (χ4v) is 1.87. The third-order valence-electron chi connectivity index (χ3n) is 3.61. The summed E-state index contributed by atoms with van der Waals surface area (Å²) in [5, 5.41) is 0. The first-order valence-corrected chi connectivity index (χ1v) is 6.82. The second kappa shape index (κ2) is 6.76. The topological polar surface area (TPSA) is 52.6 Å². The van der Waals surface area contributed by atoms with Crippen LogP contribution in [0.3, 0.4) is 0 Å². The molecule has 104 valence electrons. The summed E-state index contributed by atoms with van der Waals surface area (Å²) < 4.78 is 10.3. The zero-order chi connectivity index (χ0) is 13.6. The van der Waals surface area contributed by atoms with E-state index in [-0.39, 0.29) is 18.7 Å². The van der Waals surface area contributed by atoms with E-state index in [9.17, 15) is 9.59 Å². The van der Waals surface area contributed by atoms with Crippen LogP contribution in [0.5, 0.6) is 0 Å². The molecule has 0 saturated heterocycles. The van der Waals surface area contributed by atoms with E-state index in [1.54, 1.807) is 0 Å². The minimum Gasteiger partial charge on any atom is -0.460 e. The van der Waals surface area contributed by atoms with E-state index >= 15 is 0 Å². The Hall–Kier alpha value is -1.06. The van der Waals surface area contributed by atoms with Gasteiger partial charge < -0.3 is 9.47 Å². The zero-order valence-electron chi connectivity index (χ0n) is 11.7. The van der Waals surface area contributed by atoms with E-state index in [1.807, 2.05) is 20.8 Å². The Bertz CT molecular complexity index is 290. The molecule has 0 aromatic carbocycles. The third-order valence-corrected chi connectivity index (χ3v) is 3.61. The average molecular weight is 256 g/mol. The van der Waals surface area contributed by atoms with Gasteiger partial charge in [-0.15, -0.1) is 0 Å². The van der Waals surface area contributed by atoms with Crippen LogP contribution in [0.15, 0.2) is 0 Å². The number of hydrogen-bond donors (Lipinski definition) is 0. The number of rotatable bonds is 5. The van der Waals surface area contributed by atoms with Crippen LogP contribution in [0.1, 0.15) is 59.3 Å². The SMILES string of the molecule is CCC(C)(C)C(=O)OCC(=O)OC1CCCCC1. The fourth-order valence-electron chi connectivity index (χ4n) is 1.87. The monoisotopic (exact) mass is 256 g/mol. The van der Waals surface area contributed by atoms with Crippen LogP contribution in [-0.4, -0.2) is 24.6 Å². The molecule has 0 aromatic rings. The van der Waals surface area contributed by atoms with Crippen LogP contribution in [0.4, 0.5) is 0 Å². The molecule has 0 N–H and O–H groups in total. The largest absolute Gasteiger partial charge is 0.460 e. The summed E-state index contributed by atoms with van der Waals surface area (Å²) in [5.74, 6) is -0.771. The van der Waals surface area contributed by atoms with Gasteiger partial charge in [-0.3, -0.25) is 4.79 Å². The van der Waals surface area contributed by atoms with Gasteiger partial charge in [-0.1, -0.05) is 13.3 Å². The van der Waals surface area contributed by atoms with Crippen molar-refractivity contribution in [1.82, 2.24) is 0 Å². The third kappa shape index (κ3) is 4.67. The lowest BCUT2D eigenvalue weighted by atomic mass is 9.91. The van der Waals surface area contributed by atoms with Crippen LogP contribution in [-0.2, 0) is 19.1 Å². The molecule has 1 aliphatic carbocycles. The summed E-state index contributed by atoms with van der Waals surface area (Å²) in [4.78, 5) is 23.2. The quantitative estimate of drug-likeness (QED) is 0.710. The van der Waals surface area contributed by atoms with Crippen LogP contribution in [0, 0.1) is 5.41 Å². The predicted octanol–water partition coefficient (Wildman–Crippen LogP) is 2.84. The van der Waals surface area contributed by atoms with Gasteiger partial charge in [0.25, 0.3) is 0 Å².